The Labute approximate surface area is 124 Å². The highest BCUT2D eigenvalue weighted by Gasteiger charge is 2.20. The Morgan fingerprint density at radius 2 is 2.21 bits per heavy atom. The van der Waals surface area contributed by atoms with Crippen molar-refractivity contribution in [2.75, 3.05) is 11.4 Å². The first-order chi connectivity index (χ1) is 9.15. The molecule has 0 saturated carbocycles. The predicted molar refractivity (Wildman–Crippen MR) is 84.2 cm³/mol. The van der Waals surface area contributed by atoms with Crippen molar-refractivity contribution in [2.45, 2.75) is 13.0 Å². The molecule has 3 rings (SSSR count). The Hall–Kier alpha value is -1.33. The molecule has 0 spiro atoms. The number of nitrogens with two attached hydrogens (primary N) is 1. The van der Waals surface area contributed by atoms with Crippen molar-refractivity contribution < 1.29 is 0 Å². The summed E-state index contributed by atoms with van der Waals surface area (Å²) in [5, 5.41) is 9.89. The number of hydrogen-bond acceptors (Lipinski definition) is 3. The fourth-order valence-corrected chi connectivity index (χ4v) is 3.70. The van der Waals surface area contributed by atoms with E-state index >= 15 is 0 Å². The molecule has 1 aromatic carbocycles. The van der Waals surface area contributed by atoms with E-state index in [2.05, 4.69) is 32.3 Å². The van der Waals surface area contributed by atoms with Gasteiger partial charge in [-0.05, 0) is 41.6 Å². The van der Waals surface area contributed by atoms with Gasteiger partial charge in [-0.2, -0.15) is 0 Å². The van der Waals surface area contributed by atoms with Crippen molar-refractivity contribution in [3.63, 3.8) is 0 Å². The second kappa shape index (κ2) is 4.98. The molecule has 5 heteroatoms. The van der Waals surface area contributed by atoms with Gasteiger partial charge in [0.2, 0.25) is 0 Å². The molecule has 2 aromatic rings. The Bertz CT molecular complexity index is 635. The molecule has 0 fully saturated rings. The van der Waals surface area contributed by atoms with Crippen LogP contribution in [0.2, 0.25) is 0 Å². The zero-order valence-electron chi connectivity index (χ0n) is 10.3. The predicted octanol–water partition coefficient (Wildman–Crippen LogP) is 3.36. The molecule has 2 heterocycles. The number of nitrogens with one attached hydrogen (secondary N) is 1. The smallest absolute Gasteiger partial charge is 0.124 e. The summed E-state index contributed by atoms with van der Waals surface area (Å²) in [5.41, 5.74) is 8.95. The van der Waals surface area contributed by atoms with Crippen LogP contribution in [0.25, 0.3) is 0 Å². The molecule has 0 aliphatic carbocycles. The summed E-state index contributed by atoms with van der Waals surface area (Å²) < 4.78 is 0.953. The topological polar surface area (TPSA) is 53.1 Å². The van der Waals surface area contributed by atoms with Gasteiger partial charge in [0.1, 0.15) is 5.84 Å². The second-order valence-corrected chi connectivity index (χ2v) is 6.53. The van der Waals surface area contributed by atoms with Gasteiger partial charge in [0.25, 0.3) is 0 Å². The van der Waals surface area contributed by atoms with E-state index in [1.165, 1.54) is 10.4 Å². The molecule has 0 radical (unpaired) electrons. The van der Waals surface area contributed by atoms with Crippen molar-refractivity contribution >= 4 is 38.8 Å². The van der Waals surface area contributed by atoms with Crippen molar-refractivity contribution in [1.82, 2.24) is 0 Å². The van der Waals surface area contributed by atoms with E-state index in [1.54, 1.807) is 0 Å². The maximum atomic E-state index is 7.74. The van der Waals surface area contributed by atoms with E-state index < -0.39 is 0 Å². The van der Waals surface area contributed by atoms with E-state index in [4.69, 9.17) is 11.1 Å². The SMILES string of the molecule is N=C(N)c1cc(Br)ccc1N1CCc2sccc2C1. The largest absolute Gasteiger partial charge is 0.384 e. The fourth-order valence-electron chi connectivity index (χ4n) is 2.45. The van der Waals surface area contributed by atoms with E-state index in [0.29, 0.717) is 0 Å². The minimum Gasteiger partial charge on any atom is -0.384 e. The van der Waals surface area contributed by atoms with E-state index in [9.17, 15) is 0 Å². The standard InChI is InChI=1S/C14H14BrN3S/c15-10-1-2-12(11(7-10)14(16)17)18-5-3-13-9(8-18)4-6-19-13/h1-2,4,6-7H,3,5,8H2,(H3,16,17). The fraction of sp³-hybridized carbons (Fsp3) is 0.214. The van der Waals surface area contributed by atoms with Gasteiger partial charge in [-0.25, -0.2) is 0 Å². The van der Waals surface area contributed by atoms with Crippen LogP contribution in [-0.4, -0.2) is 12.4 Å². The van der Waals surface area contributed by atoms with Crippen LogP contribution in [0.15, 0.2) is 34.1 Å². The van der Waals surface area contributed by atoms with Crippen molar-refractivity contribution in [2.24, 2.45) is 5.73 Å². The van der Waals surface area contributed by atoms with Crippen LogP contribution in [-0.2, 0) is 13.0 Å². The first-order valence-corrected chi connectivity index (χ1v) is 7.76. The number of amidine groups is 1. The normalized spacial score (nSPS) is 14.3. The molecule has 0 saturated heterocycles. The average Bonchev–Trinajstić information content (AvgIpc) is 2.85. The molecular formula is C14H14BrN3S. The molecule has 0 atom stereocenters. The molecule has 3 N–H and O–H groups in total. The summed E-state index contributed by atoms with van der Waals surface area (Å²) in [7, 11) is 0. The van der Waals surface area contributed by atoms with Gasteiger partial charge in [-0.15, -0.1) is 11.3 Å². The van der Waals surface area contributed by atoms with Crippen LogP contribution < -0.4 is 10.6 Å². The number of halogens is 1. The van der Waals surface area contributed by atoms with Gasteiger partial charge in [0.05, 0.1) is 0 Å². The molecular weight excluding hydrogens is 322 g/mol. The van der Waals surface area contributed by atoms with Crippen LogP contribution in [0, 0.1) is 5.41 Å². The van der Waals surface area contributed by atoms with Crippen molar-refractivity contribution in [3.05, 3.63) is 50.1 Å². The lowest BCUT2D eigenvalue weighted by molar-refractivity contribution is 0.743. The minimum atomic E-state index is 0.118. The third-order valence-corrected chi connectivity index (χ3v) is 4.91. The van der Waals surface area contributed by atoms with Crippen LogP contribution in [0.1, 0.15) is 16.0 Å². The number of hydrogen-bond donors (Lipinski definition) is 2. The Balaban J connectivity index is 1.98. The van der Waals surface area contributed by atoms with Gasteiger partial charge < -0.3 is 10.6 Å². The average molecular weight is 336 g/mol. The summed E-state index contributed by atoms with van der Waals surface area (Å²) in [5.74, 6) is 0.118. The molecule has 1 aromatic heterocycles. The Morgan fingerprint density at radius 1 is 1.37 bits per heavy atom. The van der Waals surface area contributed by atoms with Crippen molar-refractivity contribution in [3.8, 4) is 0 Å². The van der Waals surface area contributed by atoms with Gasteiger partial charge >= 0.3 is 0 Å². The maximum absolute atomic E-state index is 7.74. The highest BCUT2D eigenvalue weighted by Crippen LogP contribution is 2.31. The summed E-state index contributed by atoms with van der Waals surface area (Å²) in [6.45, 7) is 1.89. The molecule has 0 amide bonds. The van der Waals surface area contributed by atoms with Crippen LogP contribution >= 0.6 is 27.3 Å². The lowest BCUT2D eigenvalue weighted by atomic mass is 10.1. The van der Waals surface area contributed by atoms with Gasteiger partial charge in [0.15, 0.2) is 0 Å². The Morgan fingerprint density at radius 3 is 3.00 bits per heavy atom. The summed E-state index contributed by atoms with van der Waals surface area (Å²) >= 11 is 5.27. The van der Waals surface area contributed by atoms with E-state index in [0.717, 1.165) is 35.2 Å². The third-order valence-electron chi connectivity index (χ3n) is 3.40. The number of benzene rings is 1. The van der Waals surface area contributed by atoms with E-state index in [-0.39, 0.29) is 5.84 Å². The third kappa shape index (κ3) is 2.40. The molecule has 98 valence electrons. The van der Waals surface area contributed by atoms with Crippen molar-refractivity contribution in [1.29, 1.82) is 5.41 Å². The molecule has 19 heavy (non-hydrogen) atoms. The highest BCUT2D eigenvalue weighted by molar-refractivity contribution is 9.10. The summed E-state index contributed by atoms with van der Waals surface area (Å²) in [4.78, 5) is 3.79. The molecule has 0 unspecified atom stereocenters. The number of fused-ring (bicyclic) bond motifs is 1. The van der Waals surface area contributed by atoms with Crippen LogP contribution in [0.4, 0.5) is 5.69 Å². The number of rotatable bonds is 2. The summed E-state index contributed by atoms with van der Waals surface area (Å²) in [6.07, 6.45) is 1.07. The number of anilines is 1. The van der Waals surface area contributed by atoms with Crippen LogP contribution in [0.3, 0.4) is 0 Å². The zero-order chi connectivity index (χ0) is 13.4. The monoisotopic (exact) mass is 335 g/mol. The number of thiophene rings is 1. The highest BCUT2D eigenvalue weighted by atomic mass is 79.9. The lowest BCUT2D eigenvalue weighted by Gasteiger charge is -2.30. The zero-order valence-corrected chi connectivity index (χ0v) is 12.7. The number of nitrogen functional groups attached to an aromatic ring is 1. The van der Waals surface area contributed by atoms with Gasteiger partial charge in [0, 0.05) is 33.7 Å². The Kier molecular flexibility index (Phi) is 3.33. The molecule has 1 aliphatic heterocycles. The first-order valence-electron chi connectivity index (χ1n) is 6.09. The maximum Gasteiger partial charge on any atom is 0.124 e. The lowest BCUT2D eigenvalue weighted by Crippen LogP contribution is -2.31. The molecule has 3 nitrogen and oxygen atoms in total. The quantitative estimate of drug-likeness (QED) is 0.653. The first kappa shape index (κ1) is 12.7. The van der Waals surface area contributed by atoms with Gasteiger partial charge in [-0.3, -0.25) is 5.41 Å². The second-order valence-electron chi connectivity index (χ2n) is 4.62. The minimum absolute atomic E-state index is 0.118. The summed E-state index contributed by atoms with van der Waals surface area (Å²) in [6, 6.07) is 8.16. The molecule has 1 aliphatic rings. The van der Waals surface area contributed by atoms with Crippen LogP contribution in [0.5, 0.6) is 0 Å². The number of nitrogens with zero attached hydrogens (tertiary/aromatic N) is 1. The van der Waals surface area contributed by atoms with Gasteiger partial charge in [-0.1, -0.05) is 15.9 Å². The molecule has 0 bridgehead atoms. The van der Waals surface area contributed by atoms with E-state index in [1.807, 2.05) is 29.5 Å².